The Labute approximate surface area is 224 Å². The zero-order chi connectivity index (χ0) is 25.7. The molecule has 7 rings (SSSR count). The third kappa shape index (κ3) is 4.35. The highest BCUT2D eigenvalue weighted by atomic mass is 16.2. The van der Waals surface area contributed by atoms with Gasteiger partial charge in [-0.3, -0.25) is 19.5 Å². The van der Waals surface area contributed by atoms with Crippen LogP contribution in [0.25, 0.3) is 11.1 Å². The van der Waals surface area contributed by atoms with Crippen molar-refractivity contribution in [1.29, 1.82) is 0 Å². The van der Waals surface area contributed by atoms with Gasteiger partial charge in [-0.05, 0) is 86.3 Å². The number of aliphatic imine (C=N–C) groups is 1. The molecule has 38 heavy (non-hydrogen) atoms. The van der Waals surface area contributed by atoms with Crippen molar-refractivity contribution in [2.75, 3.05) is 39.3 Å². The molecule has 1 unspecified atom stereocenters. The van der Waals surface area contributed by atoms with Gasteiger partial charge in [-0.2, -0.15) is 0 Å². The van der Waals surface area contributed by atoms with Crippen molar-refractivity contribution in [3.05, 3.63) is 59.2 Å². The Morgan fingerprint density at radius 2 is 1.68 bits per heavy atom. The maximum Gasteiger partial charge on any atom is 0.256 e. The summed E-state index contributed by atoms with van der Waals surface area (Å²) in [4.78, 5) is 35.7. The monoisotopic (exact) mass is 511 g/mol. The molecule has 2 amide bonds. The standard InChI is InChI=1S/C31H37N5O2/c37-29(24-5-6-24)35-16-10-21(19-35)20-36-28(34-31(30(36)38)11-14-32-15-12-31)23-3-1-22(2-4-23)25-7-8-27-18-33-13-9-26(27)17-25/h1-4,7-8,17,21,24,32-33H,5-6,9-16,18-20H2. The summed E-state index contributed by atoms with van der Waals surface area (Å²) in [6.07, 6.45) is 5.58. The molecule has 4 heterocycles. The van der Waals surface area contributed by atoms with E-state index in [1.165, 1.54) is 22.3 Å². The Morgan fingerprint density at radius 3 is 2.47 bits per heavy atom. The third-order valence-corrected chi connectivity index (χ3v) is 9.18. The molecule has 0 aromatic heterocycles. The Kier molecular flexibility index (Phi) is 6.08. The molecule has 1 saturated carbocycles. The van der Waals surface area contributed by atoms with Gasteiger partial charge in [0.05, 0.1) is 0 Å². The molecular weight excluding hydrogens is 474 g/mol. The smallest absolute Gasteiger partial charge is 0.256 e. The van der Waals surface area contributed by atoms with Crippen LogP contribution in [0.1, 0.15) is 48.8 Å². The quantitative estimate of drug-likeness (QED) is 0.647. The van der Waals surface area contributed by atoms with E-state index in [4.69, 9.17) is 4.99 Å². The summed E-state index contributed by atoms with van der Waals surface area (Å²) >= 11 is 0. The van der Waals surface area contributed by atoms with E-state index in [0.29, 0.717) is 18.4 Å². The fraction of sp³-hybridized carbons (Fsp3) is 0.516. The molecule has 1 spiro atoms. The van der Waals surface area contributed by atoms with Gasteiger partial charge in [0.1, 0.15) is 11.4 Å². The summed E-state index contributed by atoms with van der Waals surface area (Å²) in [6, 6.07) is 15.4. The van der Waals surface area contributed by atoms with Gasteiger partial charge in [-0.1, -0.05) is 42.5 Å². The first-order chi connectivity index (χ1) is 18.6. The van der Waals surface area contributed by atoms with E-state index in [-0.39, 0.29) is 11.8 Å². The summed E-state index contributed by atoms with van der Waals surface area (Å²) in [6.45, 7) is 5.82. The molecular formula is C31H37N5O2. The number of hydrogen-bond acceptors (Lipinski definition) is 5. The highest BCUT2D eigenvalue weighted by Crippen LogP contribution is 2.36. The second kappa shape index (κ2) is 9.62. The number of benzene rings is 2. The lowest BCUT2D eigenvalue weighted by atomic mass is 9.88. The number of rotatable bonds is 5. The van der Waals surface area contributed by atoms with Crippen molar-refractivity contribution in [1.82, 2.24) is 20.4 Å². The number of likely N-dealkylation sites (tertiary alicyclic amines) is 1. The molecule has 3 fully saturated rings. The predicted octanol–water partition coefficient (Wildman–Crippen LogP) is 2.97. The largest absolute Gasteiger partial charge is 0.342 e. The lowest BCUT2D eigenvalue weighted by Crippen LogP contribution is -2.50. The third-order valence-electron chi connectivity index (χ3n) is 9.18. The van der Waals surface area contributed by atoms with E-state index < -0.39 is 5.54 Å². The number of nitrogens with one attached hydrogen (secondary N) is 2. The van der Waals surface area contributed by atoms with E-state index in [9.17, 15) is 9.59 Å². The van der Waals surface area contributed by atoms with E-state index in [0.717, 1.165) is 89.2 Å². The molecule has 2 saturated heterocycles. The lowest BCUT2D eigenvalue weighted by Gasteiger charge is -2.31. The Balaban J connectivity index is 1.14. The molecule has 5 aliphatic rings. The number of hydrogen-bond donors (Lipinski definition) is 2. The number of amides is 2. The second-order valence-electron chi connectivity index (χ2n) is 11.8. The van der Waals surface area contributed by atoms with Gasteiger partial charge in [0.15, 0.2) is 0 Å². The van der Waals surface area contributed by atoms with Crippen LogP contribution in [0.4, 0.5) is 0 Å². The molecule has 7 nitrogen and oxygen atoms in total. The van der Waals surface area contributed by atoms with Gasteiger partial charge in [-0.15, -0.1) is 0 Å². The number of piperidine rings is 1. The molecule has 2 N–H and O–H groups in total. The summed E-state index contributed by atoms with van der Waals surface area (Å²) in [5, 5.41) is 6.84. The first-order valence-corrected chi connectivity index (χ1v) is 14.4. The van der Waals surface area contributed by atoms with Gasteiger partial charge >= 0.3 is 0 Å². The lowest BCUT2D eigenvalue weighted by molar-refractivity contribution is -0.132. The van der Waals surface area contributed by atoms with Crippen LogP contribution in [0.3, 0.4) is 0 Å². The van der Waals surface area contributed by atoms with E-state index in [1.54, 1.807) is 0 Å². The molecule has 7 heteroatoms. The SMILES string of the molecule is O=C(C1CC1)N1CCC(CN2C(=O)C3(CCNCC3)N=C2c2ccc(-c3ccc4c(c3)CCNC4)cc2)C1. The number of amidine groups is 1. The van der Waals surface area contributed by atoms with Gasteiger partial charge in [0, 0.05) is 37.7 Å². The molecule has 198 valence electrons. The number of carbonyl (C=O) groups excluding carboxylic acids is 2. The summed E-state index contributed by atoms with van der Waals surface area (Å²) in [5.74, 6) is 1.83. The highest BCUT2D eigenvalue weighted by Gasteiger charge is 2.49. The number of nitrogens with zero attached hydrogens (tertiary/aromatic N) is 3. The van der Waals surface area contributed by atoms with Gasteiger partial charge < -0.3 is 15.5 Å². The fourth-order valence-electron chi connectivity index (χ4n) is 6.71. The second-order valence-corrected chi connectivity index (χ2v) is 11.8. The molecule has 2 aromatic carbocycles. The summed E-state index contributed by atoms with van der Waals surface area (Å²) in [7, 11) is 0. The predicted molar refractivity (Wildman–Crippen MR) is 148 cm³/mol. The van der Waals surface area contributed by atoms with Crippen LogP contribution in [0.2, 0.25) is 0 Å². The maximum atomic E-state index is 13.9. The zero-order valence-corrected chi connectivity index (χ0v) is 22.0. The Bertz CT molecular complexity index is 1280. The van der Waals surface area contributed by atoms with Gasteiger partial charge in [0.2, 0.25) is 5.91 Å². The van der Waals surface area contributed by atoms with Crippen LogP contribution in [-0.2, 0) is 22.6 Å². The zero-order valence-electron chi connectivity index (χ0n) is 22.0. The average molecular weight is 512 g/mol. The number of fused-ring (bicyclic) bond motifs is 1. The minimum absolute atomic E-state index is 0.147. The van der Waals surface area contributed by atoms with E-state index in [2.05, 4.69) is 53.1 Å². The Hall–Kier alpha value is -3.03. The van der Waals surface area contributed by atoms with Gasteiger partial charge in [-0.25, -0.2) is 0 Å². The van der Waals surface area contributed by atoms with Crippen molar-refractivity contribution >= 4 is 17.6 Å². The number of carbonyl (C=O) groups is 2. The van der Waals surface area contributed by atoms with Crippen molar-refractivity contribution in [3.8, 4) is 11.1 Å². The minimum Gasteiger partial charge on any atom is -0.342 e. The van der Waals surface area contributed by atoms with Crippen LogP contribution in [0, 0.1) is 11.8 Å². The van der Waals surface area contributed by atoms with Crippen LogP contribution in [0.5, 0.6) is 0 Å². The maximum absolute atomic E-state index is 13.9. The topological polar surface area (TPSA) is 77.0 Å². The average Bonchev–Trinajstić information content (AvgIpc) is 3.66. The normalized spacial score (nSPS) is 24.6. The fourth-order valence-corrected chi connectivity index (χ4v) is 6.71. The van der Waals surface area contributed by atoms with Crippen molar-refractivity contribution in [2.24, 2.45) is 16.8 Å². The van der Waals surface area contributed by atoms with E-state index >= 15 is 0 Å². The summed E-state index contributed by atoms with van der Waals surface area (Å²) < 4.78 is 0. The molecule has 0 radical (unpaired) electrons. The Morgan fingerprint density at radius 1 is 0.921 bits per heavy atom. The van der Waals surface area contributed by atoms with Crippen LogP contribution in [-0.4, -0.2) is 72.3 Å². The van der Waals surface area contributed by atoms with Crippen LogP contribution in [0.15, 0.2) is 47.5 Å². The molecule has 0 bridgehead atoms. The first kappa shape index (κ1) is 24.0. The molecule has 2 aromatic rings. The van der Waals surface area contributed by atoms with Gasteiger partial charge in [0.25, 0.3) is 5.91 Å². The van der Waals surface area contributed by atoms with Crippen molar-refractivity contribution in [2.45, 2.75) is 50.6 Å². The summed E-state index contributed by atoms with van der Waals surface area (Å²) in [5.41, 5.74) is 5.61. The van der Waals surface area contributed by atoms with Crippen molar-refractivity contribution in [3.63, 3.8) is 0 Å². The van der Waals surface area contributed by atoms with E-state index in [1.807, 2.05) is 9.80 Å². The van der Waals surface area contributed by atoms with Crippen LogP contribution >= 0.6 is 0 Å². The molecule has 1 atom stereocenters. The van der Waals surface area contributed by atoms with Crippen LogP contribution < -0.4 is 10.6 Å². The molecule has 4 aliphatic heterocycles. The highest BCUT2D eigenvalue weighted by molar-refractivity contribution is 6.15. The van der Waals surface area contributed by atoms with Crippen molar-refractivity contribution < 1.29 is 9.59 Å². The first-order valence-electron chi connectivity index (χ1n) is 14.4. The molecule has 1 aliphatic carbocycles. The minimum atomic E-state index is -0.645.